The average Bonchev–Trinajstić information content (AvgIpc) is 2.31. The van der Waals surface area contributed by atoms with Gasteiger partial charge < -0.3 is 10.6 Å². The molecule has 0 unspecified atom stereocenters. The largest absolute Gasteiger partial charge is 0.341 e. The predicted octanol–water partition coefficient (Wildman–Crippen LogP) is 3.72. The third-order valence-electron chi connectivity index (χ3n) is 3.90. The lowest BCUT2D eigenvalue weighted by atomic mass is 9.74. The Hall–Kier alpha value is -0.770. The van der Waals surface area contributed by atoms with E-state index in [0.717, 1.165) is 5.56 Å². The third-order valence-corrected chi connectivity index (χ3v) is 4.63. The molecule has 1 aromatic carbocycles. The Bertz CT molecular complexity index is 507. The van der Waals surface area contributed by atoms with Crippen LogP contribution in [0.1, 0.15) is 33.3 Å². The van der Waals surface area contributed by atoms with Crippen molar-refractivity contribution in [1.82, 2.24) is 4.90 Å². The number of halogens is 2. The zero-order valence-electron chi connectivity index (χ0n) is 12.6. The molecule has 0 saturated heterocycles. The van der Waals surface area contributed by atoms with Crippen LogP contribution < -0.4 is 5.73 Å². The Morgan fingerprint density at radius 2 is 1.75 bits per heavy atom. The number of carbonyl (C=O) groups excluding carboxylic acids is 1. The lowest BCUT2D eigenvalue weighted by Crippen LogP contribution is -2.55. The maximum absolute atomic E-state index is 12.6. The molecule has 0 spiro atoms. The molecule has 0 aliphatic heterocycles. The number of nitrogens with two attached hydrogens (primary N) is 1. The minimum absolute atomic E-state index is 0.00364. The molecule has 2 N–H and O–H groups in total. The van der Waals surface area contributed by atoms with Gasteiger partial charge in [0.2, 0.25) is 5.91 Å². The second kappa shape index (κ2) is 5.92. The Balaban J connectivity index is 2.88. The van der Waals surface area contributed by atoms with E-state index in [1.54, 1.807) is 24.1 Å². The second-order valence-corrected chi connectivity index (χ2v) is 7.07. The van der Waals surface area contributed by atoms with Gasteiger partial charge in [-0.2, -0.15) is 0 Å². The van der Waals surface area contributed by atoms with E-state index < -0.39 is 11.0 Å². The molecule has 0 fully saturated rings. The summed E-state index contributed by atoms with van der Waals surface area (Å²) in [4.78, 5) is 14.2. The summed E-state index contributed by atoms with van der Waals surface area (Å²) >= 11 is 11.9. The van der Waals surface area contributed by atoms with Crippen molar-refractivity contribution >= 4 is 29.1 Å². The Labute approximate surface area is 131 Å². The van der Waals surface area contributed by atoms with E-state index in [0.29, 0.717) is 16.6 Å². The summed E-state index contributed by atoms with van der Waals surface area (Å²) in [5.41, 5.74) is 5.78. The number of amides is 1. The van der Waals surface area contributed by atoms with E-state index in [-0.39, 0.29) is 5.91 Å². The van der Waals surface area contributed by atoms with Crippen LogP contribution in [0.15, 0.2) is 18.2 Å². The topological polar surface area (TPSA) is 46.3 Å². The van der Waals surface area contributed by atoms with Crippen molar-refractivity contribution in [3.63, 3.8) is 0 Å². The molecular weight excluding hydrogens is 295 g/mol. The monoisotopic (exact) mass is 316 g/mol. The number of hydrogen-bond donors (Lipinski definition) is 1. The summed E-state index contributed by atoms with van der Waals surface area (Å²) in [5, 5.41) is 0.997. The fraction of sp³-hybridized carbons (Fsp3) is 0.533. The average molecular weight is 317 g/mol. The summed E-state index contributed by atoms with van der Waals surface area (Å²) in [7, 11) is 1.76. The third kappa shape index (κ3) is 3.66. The molecule has 1 aromatic rings. The highest BCUT2D eigenvalue weighted by Crippen LogP contribution is 2.31. The normalized spacial score (nSPS) is 12.4. The molecule has 0 heterocycles. The molecule has 0 atom stereocenters. The van der Waals surface area contributed by atoms with E-state index in [1.165, 1.54) is 0 Å². The van der Waals surface area contributed by atoms with Crippen molar-refractivity contribution in [1.29, 1.82) is 0 Å². The van der Waals surface area contributed by atoms with Gasteiger partial charge in [0.25, 0.3) is 0 Å². The maximum atomic E-state index is 12.6. The van der Waals surface area contributed by atoms with Crippen LogP contribution in [0.3, 0.4) is 0 Å². The van der Waals surface area contributed by atoms with Crippen LogP contribution in [0, 0.1) is 5.41 Å². The standard InChI is InChI=1S/C15H22Cl2N2O/c1-14(2,15(3,4)18)13(20)19(5)9-10-6-7-11(16)12(17)8-10/h6-8H,9,18H2,1-5H3. The molecule has 5 heteroatoms. The molecule has 0 aliphatic rings. The first-order chi connectivity index (χ1) is 8.96. The molecule has 0 aliphatic carbocycles. The van der Waals surface area contributed by atoms with Gasteiger partial charge in [-0.3, -0.25) is 4.79 Å². The van der Waals surface area contributed by atoms with E-state index in [1.807, 2.05) is 33.8 Å². The first-order valence-corrected chi connectivity index (χ1v) is 7.21. The van der Waals surface area contributed by atoms with Crippen molar-refractivity contribution in [2.45, 2.75) is 39.8 Å². The fourth-order valence-corrected chi connectivity index (χ4v) is 2.06. The minimum atomic E-state index is -0.655. The van der Waals surface area contributed by atoms with Crippen molar-refractivity contribution in [2.24, 2.45) is 11.1 Å². The van der Waals surface area contributed by atoms with Crippen molar-refractivity contribution in [3.8, 4) is 0 Å². The number of carbonyl (C=O) groups is 1. The number of nitrogens with zero attached hydrogens (tertiary/aromatic N) is 1. The molecule has 1 rings (SSSR count). The lowest BCUT2D eigenvalue weighted by Gasteiger charge is -2.39. The maximum Gasteiger partial charge on any atom is 0.230 e. The molecule has 112 valence electrons. The Morgan fingerprint density at radius 3 is 2.20 bits per heavy atom. The van der Waals surface area contributed by atoms with Gasteiger partial charge in [-0.1, -0.05) is 29.3 Å². The summed E-state index contributed by atoms with van der Waals surface area (Å²) < 4.78 is 0. The zero-order valence-corrected chi connectivity index (χ0v) is 14.1. The summed E-state index contributed by atoms with van der Waals surface area (Å²) in [6, 6.07) is 5.36. The number of rotatable bonds is 4. The van der Waals surface area contributed by atoms with Crippen LogP contribution in [0.25, 0.3) is 0 Å². The van der Waals surface area contributed by atoms with Crippen LogP contribution in [0.4, 0.5) is 0 Å². The highest BCUT2D eigenvalue weighted by Gasteiger charge is 2.41. The van der Waals surface area contributed by atoms with Crippen molar-refractivity contribution in [3.05, 3.63) is 33.8 Å². The van der Waals surface area contributed by atoms with Crippen molar-refractivity contribution < 1.29 is 4.79 Å². The predicted molar refractivity (Wildman–Crippen MR) is 85.0 cm³/mol. The van der Waals surface area contributed by atoms with Gasteiger partial charge in [-0.15, -0.1) is 0 Å². The first-order valence-electron chi connectivity index (χ1n) is 6.45. The van der Waals surface area contributed by atoms with Crippen LogP contribution in [0.5, 0.6) is 0 Å². The van der Waals surface area contributed by atoms with Gasteiger partial charge in [-0.25, -0.2) is 0 Å². The van der Waals surface area contributed by atoms with Crippen LogP contribution in [-0.2, 0) is 11.3 Å². The SMILES string of the molecule is CN(Cc1ccc(Cl)c(Cl)c1)C(=O)C(C)(C)C(C)(C)N. The van der Waals surface area contributed by atoms with E-state index in [2.05, 4.69) is 0 Å². The van der Waals surface area contributed by atoms with Crippen LogP contribution >= 0.6 is 23.2 Å². The summed E-state index contributed by atoms with van der Waals surface area (Å²) in [6.07, 6.45) is 0. The van der Waals surface area contributed by atoms with E-state index in [4.69, 9.17) is 28.9 Å². The highest BCUT2D eigenvalue weighted by molar-refractivity contribution is 6.42. The van der Waals surface area contributed by atoms with Crippen molar-refractivity contribution in [2.75, 3.05) is 7.05 Å². The van der Waals surface area contributed by atoms with Gasteiger partial charge >= 0.3 is 0 Å². The minimum Gasteiger partial charge on any atom is -0.341 e. The smallest absolute Gasteiger partial charge is 0.230 e. The molecule has 0 aromatic heterocycles. The van der Waals surface area contributed by atoms with Gasteiger partial charge in [0.15, 0.2) is 0 Å². The zero-order chi connectivity index (χ0) is 15.7. The van der Waals surface area contributed by atoms with E-state index >= 15 is 0 Å². The van der Waals surface area contributed by atoms with Gasteiger partial charge in [0.1, 0.15) is 0 Å². The Kier molecular flexibility index (Phi) is 5.12. The Morgan fingerprint density at radius 1 is 1.20 bits per heavy atom. The molecule has 3 nitrogen and oxygen atoms in total. The molecule has 0 radical (unpaired) electrons. The fourth-order valence-electron chi connectivity index (χ4n) is 1.74. The van der Waals surface area contributed by atoms with Gasteiger partial charge in [0, 0.05) is 19.1 Å². The van der Waals surface area contributed by atoms with Gasteiger partial charge in [-0.05, 0) is 45.4 Å². The van der Waals surface area contributed by atoms with Crippen LogP contribution in [0.2, 0.25) is 10.0 Å². The second-order valence-electron chi connectivity index (χ2n) is 6.26. The lowest BCUT2D eigenvalue weighted by molar-refractivity contribution is -0.142. The molecule has 0 bridgehead atoms. The molecule has 0 saturated carbocycles. The molecular formula is C15H22Cl2N2O. The van der Waals surface area contributed by atoms with Crippen LogP contribution in [-0.4, -0.2) is 23.4 Å². The molecule has 1 amide bonds. The number of hydrogen-bond acceptors (Lipinski definition) is 2. The summed E-state index contributed by atoms with van der Waals surface area (Å²) in [6.45, 7) is 7.91. The quantitative estimate of drug-likeness (QED) is 0.920. The van der Waals surface area contributed by atoms with Gasteiger partial charge in [0.05, 0.1) is 15.5 Å². The number of benzene rings is 1. The summed E-state index contributed by atoms with van der Waals surface area (Å²) in [5.74, 6) is -0.00364. The molecule has 20 heavy (non-hydrogen) atoms. The highest BCUT2D eigenvalue weighted by atomic mass is 35.5. The van der Waals surface area contributed by atoms with E-state index in [9.17, 15) is 4.79 Å². The first kappa shape index (κ1) is 17.3.